The highest BCUT2D eigenvalue weighted by molar-refractivity contribution is 9.11. The number of halogens is 3. The van der Waals surface area contributed by atoms with Crippen LogP contribution in [-0.4, -0.2) is 44.5 Å². The summed E-state index contributed by atoms with van der Waals surface area (Å²) in [5.41, 5.74) is 0.745. The van der Waals surface area contributed by atoms with Gasteiger partial charge < -0.3 is 15.5 Å². The molecule has 0 bridgehead atoms. The van der Waals surface area contributed by atoms with Gasteiger partial charge in [0, 0.05) is 34.6 Å². The van der Waals surface area contributed by atoms with Gasteiger partial charge in [-0.25, -0.2) is 22.3 Å². The number of rotatable bonds is 7. The number of hydrogen-bond donors (Lipinski definition) is 3. The monoisotopic (exact) mass is 587 g/mol. The van der Waals surface area contributed by atoms with Crippen molar-refractivity contribution >= 4 is 47.9 Å². The van der Waals surface area contributed by atoms with E-state index in [-0.39, 0.29) is 36.4 Å². The number of nitrogens with one attached hydrogen (secondary N) is 3. The van der Waals surface area contributed by atoms with E-state index in [1.165, 1.54) is 23.1 Å². The zero-order chi connectivity index (χ0) is 23.3. The number of nitrogens with zero attached hydrogens (tertiary/aromatic N) is 2. The van der Waals surface area contributed by atoms with Crippen LogP contribution in [0.2, 0.25) is 0 Å². The summed E-state index contributed by atoms with van der Waals surface area (Å²) in [5.74, 6) is -0.353. The Balaban J connectivity index is 1.54. The lowest BCUT2D eigenvalue weighted by Gasteiger charge is -2.18. The maximum absolute atomic E-state index is 12.9. The van der Waals surface area contributed by atoms with Crippen LogP contribution in [0.25, 0.3) is 0 Å². The van der Waals surface area contributed by atoms with Crippen molar-refractivity contribution in [2.75, 3.05) is 13.1 Å². The highest BCUT2D eigenvalue weighted by Gasteiger charge is 2.35. The number of benzene rings is 2. The molecule has 32 heavy (non-hydrogen) atoms. The lowest BCUT2D eigenvalue weighted by atomic mass is 10.2. The van der Waals surface area contributed by atoms with Gasteiger partial charge in [-0.3, -0.25) is 0 Å². The van der Waals surface area contributed by atoms with E-state index >= 15 is 0 Å². The van der Waals surface area contributed by atoms with Crippen molar-refractivity contribution in [3.05, 3.63) is 62.8 Å². The first-order valence-corrected chi connectivity index (χ1v) is 12.6. The van der Waals surface area contributed by atoms with E-state index in [2.05, 4.69) is 53.4 Å². The van der Waals surface area contributed by atoms with Crippen molar-refractivity contribution in [2.45, 2.75) is 29.9 Å². The zero-order valence-electron chi connectivity index (χ0n) is 16.7. The molecule has 3 N–H and O–H groups in total. The number of urea groups is 1. The number of likely N-dealkylation sites (tertiary alicyclic amines) is 1. The Bertz CT molecular complexity index is 1130. The van der Waals surface area contributed by atoms with Gasteiger partial charge in [0.1, 0.15) is 5.82 Å². The van der Waals surface area contributed by atoms with Crippen molar-refractivity contribution in [1.82, 2.24) is 20.3 Å². The Labute approximate surface area is 202 Å². The summed E-state index contributed by atoms with van der Waals surface area (Å²) in [6.07, 6.45) is 2.41. The van der Waals surface area contributed by atoms with Crippen LogP contribution in [0, 0.1) is 17.3 Å². The SMILES string of the molecule is N#CN1C[C@H](NS(=O)(=O)c2cc(Br)ccc2Br)C[C@@H]1CNC(=O)NCc1ccc(F)cc1. The van der Waals surface area contributed by atoms with Crippen LogP contribution in [-0.2, 0) is 16.6 Å². The normalized spacial score (nSPS) is 18.2. The van der Waals surface area contributed by atoms with Gasteiger partial charge in [-0.15, -0.1) is 0 Å². The summed E-state index contributed by atoms with van der Waals surface area (Å²) in [7, 11) is -3.81. The summed E-state index contributed by atoms with van der Waals surface area (Å²) < 4.78 is 42.2. The van der Waals surface area contributed by atoms with Crippen LogP contribution >= 0.6 is 31.9 Å². The molecule has 1 aliphatic rings. The zero-order valence-corrected chi connectivity index (χ0v) is 20.7. The van der Waals surface area contributed by atoms with Gasteiger partial charge >= 0.3 is 6.03 Å². The summed E-state index contributed by atoms with van der Waals surface area (Å²) in [4.78, 5) is 13.6. The largest absolute Gasteiger partial charge is 0.336 e. The molecule has 2 aromatic carbocycles. The molecule has 0 unspecified atom stereocenters. The van der Waals surface area contributed by atoms with E-state index in [0.29, 0.717) is 15.4 Å². The van der Waals surface area contributed by atoms with Crippen LogP contribution in [0.5, 0.6) is 0 Å². The molecule has 170 valence electrons. The van der Waals surface area contributed by atoms with Crippen LogP contribution in [0.1, 0.15) is 12.0 Å². The van der Waals surface area contributed by atoms with Crippen molar-refractivity contribution in [3.8, 4) is 6.19 Å². The van der Waals surface area contributed by atoms with Gasteiger partial charge in [0.25, 0.3) is 0 Å². The second-order valence-corrected chi connectivity index (χ2v) is 10.7. The Morgan fingerprint density at radius 2 is 1.91 bits per heavy atom. The molecule has 0 aromatic heterocycles. The number of nitriles is 1. The lowest BCUT2D eigenvalue weighted by molar-refractivity contribution is 0.236. The standard InChI is InChI=1S/C20H20Br2FN5O3S/c21-14-3-6-18(22)19(7-14)32(30,31)27-16-8-17(28(11-16)12-24)10-26-20(29)25-9-13-1-4-15(23)5-2-13/h1-7,16-17,27H,8-11H2,(H2,25,26,29)/t16-,17-/m1/s1. The van der Waals surface area contributed by atoms with E-state index in [0.717, 1.165) is 5.56 Å². The topological polar surface area (TPSA) is 114 Å². The van der Waals surface area contributed by atoms with Gasteiger partial charge in [0.05, 0.1) is 10.9 Å². The van der Waals surface area contributed by atoms with E-state index in [4.69, 9.17) is 0 Å². The minimum Gasteiger partial charge on any atom is -0.336 e. The van der Waals surface area contributed by atoms with Gasteiger partial charge in [0.15, 0.2) is 6.19 Å². The first-order chi connectivity index (χ1) is 15.2. The van der Waals surface area contributed by atoms with Gasteiger partial charge in [-0.2, -0.15) is 5.26 Å². The molecular formula is C20H20Br2FN5O3S. The van der Waals surface area contributed by atoms with Crippen molar-refractivity contribution in [2.24, 2.45) is 0 Å². The maximum Gasteiger partial charge on any atom is 0.315 e. The molecule has 0 saturated carbocycles. The molecule has 1 aliphatic heterocycles. The summed E-state index contributed by atoms with van der Waals surface area (Å²) in [6, 6.07) is 9.34. The highest BCUT2D eigenvalue weighted by Crippen LogP contribution is 2.27. The Hall–Kier alpha value is -2.20. The van der Waals surface area contributed by atoms with Gasteiger partial charge in [0.2, 0.25) is 10.0 Å². The van der Waals surface area contributed by atoms with Crippen LogP contribution in [0.4, 0.5) is 9.18 Å². The Morgan fingerprint density at radius 3 is 2.59 bits per heavy atom. The average Bonchev–Trinajstić information content (AvgIpc) is 3.14. The predicted octanol–water partition coefficient (Wildman–Crippen LogP) is 3.05. The minimum atomic E-state index is -3.81. The van der Waals surface area contributed by atoms with Crippen molar-refractivity contribution in [1.29, 1.82) is 5.26 Å². The molecule has 8 nitrogen and oxygen atoms in total. The molecule has 12 heteroatoms. The number of carbonyl (C=O) groups is 1. The maximum atomic E-state index is 12.9. The summed E-state index contributed by atoms with van der Waals surface area (Å²) in [6.45, 7) is 0.592. The van der Waals surface area contributed by atoms with E-state index in [1.54, 1.807) is 24.3 Å². The molecule has 2 amide bonds. The highest BCUT2D eigenvalue weighted by atomic mass is 79.9. The quantitative estimate of drug-likeness (QED) is 0.430. The summed E-state index contributed by atoms with van der Waals surface area (Å²) in [5, 5.41) is 14.8. The van der Waals surface area contributed by atoms with Crippen LogP contribution in [0.15, 0.2) is 56.3 Å². The van der Waals surface area contributed by atoms with E-state index in [1.807, 2.05) is 0 Å². The Morgan fingerprint density at radius 1 is 1.19 bits per heavy atom. The van der Waals surface area contributed by atoms with Crippen molar-refractivity contribution < 1.29 is 17.6 Å². The Kier molecular flexibility index (Phi) is 8.10. The predicted molar refractivity (Wildman–Crippen MR) is 123 cm³/mol. The molecular weight excluding hydrogens is 569 g/mol. The van der Waals surface area contributed by atoms with Gasteiger partial charge in [-0.1, -0.05) is 28.1 Å². The molecule has 1 fully saturated rings. The van der Waals surface area contributed by atoms with E-state index in [9.17, 15) is 22.9 Å². The average molecular weight is 589 g/mol. The molecule has 1 heterocycles. The summed E-state index contributed by atoms with van der Waals surface area (Å²) >= 11 is 6.52. The second-order valence-electron chi connectivity index (χ2n) is 7.22. The first kappa shape index (κ1) is 24.4. The van der Waals surface area contributed by atoms with Crippen molar-refractivity contribution in [3.63, 3.8) is 0 Å². The van der Waals surface area contributed by atoms with E-state index < -0.39 is 22.1 Å². The third-order valence-corrected chi connectivity index (χ3v) is 7.92. The molecule has 2 aromatic rings. The molecule has 3 rings (SSSR count). The fourth-order valence-corrected chi connectivity index (χ4v) is 6.08. The fraction of sp³-hybridized carbons (Fsp3) is 0.300. The molecule has 2 atom stereocenters. The third-order valence-electron chi connectivity index (χ3n) is 4.91. The van der Waals surface area contributed by atoms with Crippen LogP contribution < -0.4 is 15.4 Å². The number of amides is 2. The third kappa shape index (κ3) is 6.41. The minimum absolute atomic E-state index is 0.0946. The molecule has 0 radical (unpaired) electrons. The molecule has 1 saturated heterocycles. The lowest BCUT2D eigenvalue weighted by Crippen LogP contribution is -2.42. The fourth-order valence-electron chi connectivity index (χ4n) is 3.34. The number of carbonyl (C=O) groups excluding carboxylic acids is 1. The molecule has 0 spiro atoms. The van der Waals surface area contributed by atoms with Gasteiger partial charge in [-0.05, 0) is 58.2 Å². The molecule has 0 aliphatic carbocycles. The van der Waals surface area contributed by atoms with Crippen LogP contribution in [0.3, 0.4) is 0 Å². The first-order valence-electron chi connectivity index (χ1n) is 9.58. The smallest absolute Gasteiger partial charge is 0.315 e. The number of sulfonamides is 1. The number of hydrogen-bond acceptors (Lipinski definition) is 5. The second kappa shape index (κ2) is 10.6.